The second kappa shape index (κ2) is 14.9. The standard InChI is InChI=1S/C55H42O/c1-4-14-39(15-5-1)41-29-26-38(27-30-41)28-35-47(46-21-12-20-45(36-46)40-16-6-2-7-17-40)43-31-33-44(34-32-43)48-24-13-25-51-54-50-23-11-10-22-49(50)52(37-53(54)56-55(48)51)42-18-8-3-9-19-42/h1-27,29-31,33,36-37,47H,28,32,34-35H2. The molecule has 1 aliphatic carbocycles. The largest absolute Gasteiger partial charge is 0.455 e. The maximum Gasteiger partial charge on any atom is 0.142 e. The highest BCUT2D eigenvalue weighted by atomic mass is 16.3. The highest BCUT2D eigenvalue weighted by molar-refractivity contribution is 6.23. The lowest BCUT2D eigenvalue weighted by Gasteiger charge is -2.25. The van der Waals surface area contributed by atoms with Gasteiger partial charge in [-0.05, 0) is 92.6 Å². The van der Waals surface area contributed by atoms with E-state index in [1.165, 1.54) is 82.8 Å². The van der Waals surface area contributed by atoms with Crippen LogP contribution in [0.3, 0.4) is 0 Å². The highest BCUT2D eigenvalue weighted by Gasteiger charge is 2.23. The van der Waals surface area contributed by atoms with Gasteiger partial charge in [-0.15, -0.1) is 0 Å². The number of allylic oxidation sites excluding steroid dienone is 4. The summed E-state index contributed by atoms with van der Waals surface area (Å²) < 4.78 is 6.87. The van der Waals surface area contributed by atoms with Crippen LogP contribution in [0.4, 0.5) is 0 Å². The van der Waals surface area contributed by atoms with E-state index in [0.29, 0.717) is 5.92 Å². The third-order valence-electron chi connectivity index (χ3n) is 11.7. The maximum atomic E-state index is 6.87. The van der Waals surface area contributed by atoms with Gasteiger partial charge >= 0.3 is 0 Å². The van der Waals surface area contributed by atoms with E-state index < -0.39 is 0 Å². The molecule has 0 fully saturated rings. The van der Waals surface area contributed by atoms with Gasteiger partial charge in [-0.2, -0.15) is 0 Å². The van der Waals surface area contributed by atoms with Gasteiger partial charge in [-0.1, -0.05) is 200 Å². The van der Waals surface area contributed by atoms with Crippen LogP contribution < -0.4 is 0 Å². The van der Waals surface area contributed by atoms with Crippen LogP contribution in [-0.2, 0) is 6.42 Å². The van der Waals surface area contributed by atoms with Crippen molar-refractivity contribution in [3.63, 3.8) is 0 Å². The second-order valence-corrected chi connectivity index (χ2v) is 15.1. The molecule has 0 bridgehead atoms. The summed E-state index contributed by atoms with van der Waals surface area (Å²) >= 11 is 0. The molecule has 0 spiro atoms. The van der Waals surface area contributed by atoms with E-state index in [2.05, 4.69) is 200 Å². The second-order valence-electron chi connectivity index (χ2n) is 15.1. The van der Waals surface area contributed by atoms with Crippen LogP contribution in [0.2, 0.25) is 0 Å². The van der Waals surface area contributed by atoms with Gasteiger partial charge in [-0.25, -0.2) is 0 Å². The predicted octanol–water partition coefficient (Wildman–Crippen LogP) is 15.3. The quantitative estimate of drug-likeness (QED) is 0.145. The molecule has 9 aromatic rings. The minimum absolute atomic E-state index is 0.315. The Bertz CT molecular complexity index is 2880. The number of rotatable bonds is 9. The Morgan fingerprint density at radius 1 is 0.446 bits per heavy atom. The van der Waals surface area contributed by atoms with E-state index in [9.17, 15) is 0 Å². The van der Waals surface area contributed by atoms with Crippen LogP contribution in [0.1, 0.15) is 41.9 Å². The normalized spacial score (nSPS) is 13.5. The number of fused-ring (bicyclic) bond motifs is 5. The fourth-order valence-electron chi connectivity index (χ4n) is 8.88. The summed E-state index contributed by atoms with van der Waals surface area (Å²) in [6, 6.07) is 68.1. The number of furan rings is 1. The molecule has 1 heterocycles. The van der Waals surface area contributed by atoms with E-state index in [0.717, 1.165) is 36.8 Å². The minimum Gasteiger partial charge on any atom is -0.455 e. The lowest BCUT2D eigenvalue weighted by molar-refractivity contribution is 0.664. The summed E-state index contributed by atoms with van der Waals surface area (Å²) in [5.41, 5.74) is 16.2. The molecule has 0 amide bonds. The number of hydrogen-bond acceptors (Lipinski definition) is 1. The molecule has 8 aromatic carbocycles. The van der Waals surface area contributed by atoms with Crippen LogP contribution in [0.15, 0.2) is 210 Å². The Kier molecular flexibility index (Phi) is 8.97. The van der Waals surface area contributed by atoms with Crippen molar-refractivity contribution < 1.29 is 4.42 Å². The molecule has 0 aliphatic heterocycles. The lowest BCUT2D eigenvalue weighted by atomic mass is 9.79. The van der Waals surface area contributed by atoms with Gasteiger partial charge in [0, 0.05) is 22.3 Å². The first-order valence-electron chi connectivity index (χ1n) is 19.9. The van der Waals surface area contributed by atoms with Gasteiger partial charge < -0.3 is 4.42 Å². The molecule has 0 radical (unpaired) electrons. The topological polar surface area (TPSA) is 13.1 Å². The molecule has 268 valence electrons. The van der Waals surface area contributed by atoms with Crippen molar-refractivity contribution in [3.05, 3.63) is 222 Å². The number of benzene rings is 8. The highest BCUT2D eigenvalue weighted by Crippen LogP contribution is 2.44. The maximum absolute atomic E-state index is 6.87. The van der Waals surface area contributed by atoms with E-state index in [1.807, 2.05) is 0 Å². The van der Waals surface area contributed by atoms with Crippen LogP contribution >= 0.6 is 0 Å². The first-order chi connectivity index (χ1) is 27.8. The lowest BCUT2D eigenvalue weighted by Crippen LogP contribution is -2.08. The molecule has 1 nitrogen and oxygen atoms in total. The van der Waals surface area contributed by atoms with Crippen molar-refractivity contribution in [1.82, 2.24) is 0 Å². The molecule has 0 saturated heterocycles. The van der Waals surface area contributed by atoms with Gasteiger partial charge in [0.2, 0.25) is 0 Å². The zero-order valence-corrected chi connectivity index (χ0v) is 31.4. The van der Waals surface area contributed by atoms with Crippen LogP contribution in [0.25, 0.3) is 71.7 Å². The number of para-hydroxylation sites is 1. The number of hydrogen-bond donors (Lipinski definition) is 0. The van der Waals surface area contributed by atoms with Crippen LogP contribution in [0.5, 0.6) is 0 Å². The molecule has 10 rings (SSSR count). The molecule has 1 heteroatoms. The minimum atomic E-state index is 0.315. The van der Waals surface area contributed by atoms with Crippen molar-refractivity contribution in [2.45, 2.75) is 31.6 Å². The predicted molar refractivity (Wildman–Crippen MR) is 237 cm³/mol. The average Bonchev–Trinajstić information content (AvgIpc) is 3.67. The molecule has 56 heavy (non-hydrogen) atoms. The molecule has 1 aliphatic rings. The van der Waals surface area contributed by atoms with Gasteiger partial charge in [0.1, 0.15) is 11.2 Å². The summed E-state index contributed by atoms with van der Waals surface area (Å²) in [6.07, 6.45) is 8.84. The SMILES string of the molecule is C1=C(c2cccc3c2oc2cc(-c4ccccc4)c4ccccc4c23)CCC(C(CCc2ccc(-c3ccccc3)cc2)c2cccc(-c3ccccc3)c2)=C1. The fourth-order valence-corrected chi connectivity index (χ4v) is 8.88. The van der Waals surface area contributed by atoms with Crippen molar-refractivity contribution in [2.75, 3.05) is 0 Å². The fraction of sp³-hybridized carbons (Fsp3) is 0.0909. The van der Waals surface area contributed by atoms with E-state index in [1.54, 1.807) is 0 Å². The third-order valence-corrected chi connectivity index (χ3v) is 11.7. The average molecular weight is 719 g/mol. The zero-order valence-electron chi connectivity index (χ0n) is 31.4. The summed E-state index contributed by atoms with van der Waals surface area (Å²) in [6.45, 7) is 0. The van der Waals surface area contributed by atoms with Crippen LogP contribution in [0, 0.1) is 0 Å². The van der Waals surface area contributed by atoms with E-state index in [4.69, 9.17) is 4.42 Å². The Morgan fingerprint density at radius 2 is 1.05 bits per heavy atom. The molecule has 1 atom stereocenters. The molecule has 1 aromatic heterocycles. The number of aryl methyl sites for hydroxylation is 1. The first-order valence-corrected chi connectivity index (χ1v) is 19.9. The Hall–Kier alpha value is -6.70. The first kappa shape index (κ1) is 33.8. The summed E-state index contributed by atoms with van der Waals surface area (Å²) in [7, 11) is 0. The van der Waals surface area contributed by atoms with E-state index in [-0.39, 0.29) is 0 Å². The third kappa shape index (κ3) is 6.46. The van der Waals surface area contributed by atoms with E-state index >= 15 is 0 Å². The molecule has 0 saturated carbocycles. The smallest absolute Gasteiger partial charge is 0.142 e. The van der Waals surface area contributed by atoms with Gasteiger partial charge in [-0.3, -0.25) is 0 Å². The van der Waals surface area contributed by atoms with Crippen LogP contribution in [-0.4, -0.2) is 0 Å². The monoisotopic (exact) mass is 718 g/mol. The van der Waals surface area contributed by atoms with Crippen molar-refractivity contribution in [2.24, 2.45) is 0 Å². The Morgan fingerprint density at radius 3 is 1.77 bits per heavy atom. The molecular formula is C55H42O. The zero-order chi connectivity index (χ0) is 37.3. The Balaban J connectivity index is 1.01. The molecular weight excluding hydrogens is 677 g/mol. The van der Waals surface area contributed by atoms with Crippen molar-refractivity contribution in [1.29, 1.82) is 0 Å². The van der Waals surface area contributed by atoms with Crippen molar-refractivity contribution >= 4 is 38.3 Å². The summed E-state index contributed by atoms with van der Waals surface area (Å²) in [5.74, 6) is 0.315. The van der Waals surface area contributed by atoms with Crippen molar-refractivity contribution in [3.8, 4) is 33.4 Å². The van der Waals surface area contributed by atoms with Gasteiger partial charge in [0.05, 0.1) is 0 Å². The summed E-state index contributed by atoms with van der Waals surface area (Å²) in [4.78, 5) is 0. The van der Waals surface area contributed by atoms with Gasteiger partial charge in [0.25, 0.3) is 0 Å². The molecule has 1 unspecified atom stereocenters. The van der Waals surface area contributed by atoms with Gasteiger partial charge in [0.15, 0.2) is 0 Å². The summed E-state index contributed by atoms with van der Waals surface area (Å²) in [5, 5.41) is 4.85. The molecule has 0 N–H and O–H groups in total. The Labute approximate surface area is 328 Å².